The lowest BCUT2D eigenvalue weighted by molar-refractivity contribution is -0.271. The number of hydrogen-bond donors (Lipinski definition) is 2. The number of rotatable bonds is 3. The van der Waals surface area contributed by atoms with Gasteiger partial charge in [0.05, 0.1) is 6.61 Å². The van der Waals surface area contributed by atoms with Crippen molar-refractivity contribution in [3.05, 3.63) is 23.8 Å². The third-order valence-corrected chi connectivity index (χ3v) is 4.16. The van der Waals surface area contributed by atoms with Crippen LogP contribution < -0.4 is 10.1 Å². The van der Waals surface area contributed by atoms with Crippen molar-refractivity contribution in [1.29, 1.82) is 0 Å². The average molecular weight is 346 g/mol. The van der Waals surface area contributed by atoms with Gasteiger partial charge in [-0.2, -0.15) is 13.2 Å². The van der Waals surface area contributed by atoms with Crippen molar-refractivity contribution in [2.45, 2.75) is 38.5 Å². The molecule has 134 valence electrons. The normalized spacial score (nSPS) is 17.5. The van der Waals surface area contributed by atoms with Gasteiger partial charge in [0.2, 0.25) is 0 Å². The first-order chi connectivity index (χ1) is 11.2. The SMILES string of the molecule is CCOc1ccc(NC(=O)N2CCC(O)(C(F)(F)F)CC2)c(C)c1. The number of benzene rings is 1. The minimum atomic E-state index is -4.68. The molecule has 0 atom stereocenters. The molecule has 24 heavy (non-hydrogen) atoms. The van der Waals surface area contributed by atoms with Gasteiger partial charge in [0.1, 0.15) is 5.75 Å². The van der Waals surface area contributed by atoms with Gasteiger partial charge in [0.15, 0.2) is 5.60 Å². The minimum Gasteiger partial charge on any atom is -0.494 e. The molecule has 2 amide bonds. The van der Waals surface area contributed by atoms with Crippen LogP contribution in [0, 0.1) is 6.92 Å². The van der Waals surface area contributed by atoms with Crippen molar-refractivity contribution < 1.29 is 27.8 Å². The maximum Gasteiger partial charge on any atom is 0.417 e. The van der Waals surface area contributed by atoms with E-state index in [2.05, 4.69) is 5.32 Å². The van der Waals surface area contributed by atoms with Crippen molar-refractivity contribution in [1.82, 2.24) is 4.90 Å². The van der Waals surface area contributed by atoms with Gasteiger partial charge in [-0.15, -0.1) is 0 Å². The highest BCUT2D eigenvalue weighted by Crippen LogP contribution is 2.38. The van der Waals surface area contributed by atoms with E-state index in [4.69, 9.17) is 4.74 Å². The Morgan fingerprint density at radius 3 is 2.50 bits per heavy atom. The van der Waals surface area contributed by atoms with Gasteiger partial charge in [-0.05, 0) is 37.6 Å². The van der Waals surface area contributed by atoms with Crippen LogP contribution in [-0.2, 0) is 0 Å². The summed E-state index contributed by atoms with van der Waals surface area (Å²) in [5.41, 5.74) is -1.35. The zero-order valence-corrected chi connectivity index (χ0v) is 13.6. The third kappa shape index (κ3) is 3.92. The van der Waals surface area contributed by atoms with Crippen LogP contribution in [0.25, 0.3) is 0 Å². The zero-order valence-electron chi connectivity index (χ0n) is 13.6. The van der Waals surface area contributed by atoms with Crippen LogP contribution in [0.4, 0.5) is 23.7 Å². The molecule has 1 saturated heterocycles. The Morgan fingerprint density at radius 1 is 1.38 bits per heavy atom. The predicted molar refractivity (Wildman–Crippen MR) is 83.2 cm³/mol. The van der Waals surface area contributed by atoms with E-state index in [9.17, 15) is 23.1 Å². The van der Waals surface area contributed by atoms with Crippen molar-refractivity contribution in [2.75, 3.05) is 25.0 Å². The van der Waals surface area contributed by atoms with Gasteiger partial charge in [0, 0.05) is 31.6 Å². The second-order valence-electron chi connectivity index (χ2n) is 5.86. The van der Waals surface area contributed by atoms with E-state index in [0.29, 0.717) is 18.0 Å². The van der Waals surface area contributed by atoms with Crippen LogP contribution in [0.2, 0.25) is 0 Å². The second-order valence-corrected chi connectivity index (χ2v) is 5.86. The highest BCUT2D eigenvalue weighted by molar-refractivity contribution is 5.90. The highest BCUT2D eigenvalue weighted by Gasteiger charge is 2.54. The molecule has 0 aromatic heterocycles. The van der Waals surface area contributed by atoms with Gasteiger partial charge in [-0.25, -0.2) is 4.79 Å². The Hall–Kier alpha value is -1.96. The van der Waals surface area contributed by atoms with E-state index in [1.165, 1.54) is 4.90 Å². The van der Waals surface area contributed by atoms with E-state index in [-0.39, 0.29) is 13.1 Å². The molecule has 1 aliphatic heterocycles. The number of hydrogen-bond acceptors (Lipinski definition) is 3. The van der Waals surface area contributed by atoms with E-state index in [1.807, 2.05) is 6.92 Å². The Labute approximate surface area is 138 Å². The fraction of sp³-hybridized carbons (Fsp3) is 0.562. The molecular weight excluding hydrogens is 325 g/mol. The summed E-state index contributed by atoms with van der Waals surface area (Å²) in [5.74, 6) is 0.682. The summed E-state index contributed by atoms with van der Waals surface area (Å²) < 4.78 is 43.7. The summed E-state index contributed by atoms with van der Waals surface area (Å²) in [6, 6.07) is 4.70. The summed E-state index contributed by atoms with van der Waals surface area (Å²) in [5, 5.41) is 12.3. The van der Waals surface area contributed by atoms with E-state index < -0.39 is 30.7 Å². The molecule has 0 aliphatic carbocycles. The van der Waals surface area contributed by atoms with Crippen LogP contribution in [0.3, 0.4) is 0 Å². The van der Waals surface area contributed by atoms with Gasteiger partial charge in [-0.3, -0.25) is 0 Å². The lowest BCUT2D eigenvalue weighted by Gasteiger charge is -2.39. The number of aryl methyl sites for hydroxylation is 1. The Morgan fingerprint density at radius 2 is 2.00 bits per heavy atom. The number of anilines is 1. The molecule has 0 bridgehead atoms. The monoisotopic (exact) mass is 346 g/mol. The molecule has 8 heteroatoms. The molecule has 0 saturated carbocycles. The lowest BCUT2D eigenvalue weighted by Crippen LogP contribution is -2.55. The first-order valence-corrected chi connectivity index (χ1v) is 7.75. The van der Waals surface area contributed by atoms with Crippen molar-refractivity contribution >= 4 is 11.7 Å². The van der Waals surface area contributed by atoms with Gasteiger partial charge in [-0.1, -0.05) is 0 Å². The number of nitrogens with zero attached hydrogens (tertiary/aromatic N) is 1. The maximum absolute atomic E-state index is 12.8. The molecule has 0 radical (unpaired) electrons. The number of carbonyl (C=O) groups is 1. The van der Waals surface area contributed by atoms with Crippen LogP contribution in [0.1, 0.15) is 25.3 Å². The largest absolute Gasteiger partial charge is 0.494 e. The molecule has 0 unspecified atom stereocenters. The van der Waals surface area contributed by atoms with Gasteiger partial charge >= 0.3 is 12.2 Å². The van der Waals surface area contributed by atoms with E-state index in [1.54, 1.807) is 25.1 Å². The Kier molecular flexibility index (Phi) is 5.27. The van der Waals surface area contributed by atoms with E-state index in [0.717, 1.165) is 5.56 Å². The van der Waals surface area contributed by atoms with Gasteiger partial charge in [0.25, 0.3) is 0 Å². The summed E-state index contributed by atoms with van der Waals surface area (Å²) in [6.45, 7) is 3.89. The van der Waals surface area contributed by atoms with Crippen LogP contribution in [0.15, 0.2) is 18.2 Å². The first kappa shape index (κ1) is 18.4. The van der Waals surface area contributed by atoms with Crippen LogP contribution in [-0.4, -0.2) is 47.5 Å². The number of piperidine rings is 1. The number of amides is 2. The molecule has 1 aliphatic rings. The summed E-state index contributed by atoms with van der Waals surface area (Å²) in [4.78, 5) is 13.5. The number of alkyl halides is 3. The molecular formula is C16H21F3N2O3. The quantitative estimate of drug-likeness (QED) is 0.883. The number of carbonyl (C=O) groups excluding carboxylic acids is 1. The molecule has 2 N–H and O–H groups in total. The number of likely N-dealkylation sites (tertiary alicyclic amines) is 1. The summed E-state index contributed by atoms with van der Waals surface area (Å²) in [6.07, 6.45) is -5.72. The Bertz CT molecular complexity index is 597. The fourth-order valence-electron chi connectivity index (χ4n) is 2.59. The second kappa shape index (κ2) is 6.88. The number of halogens is 3. The highest BCUT2D eigenvalue weighted by atomic mass is 19.4. The van der Waals surface area contributed by atoms with Crippen molar-refractivity contribution in [3.8, 4) is 5.75 Å². The topological polar surface area (TPSA) is 61.8 Å². The standard InChI is InChI=1S/C16H21F3N2O3/c1-3-24-12-4-5-13(11(2)10-12)20-14(22)21-8-6-15(23,7-9-21)16(17,18)19/h4-5,10,23H,3,6-9H2,1-2H3,(H,20,22). The lowest BCUT2D eigenvalue weighted by atomic mass is 9.91. The predicted octanol–water partition coefficient (Wildman–Crippen LogP) is 3.31. The smallest absolute Gasteiger partial charge is 0.417 e. The molecule has 2 rings (SSSR count). The zero-order chi connectivity index (χ0) is 18.0. The maximum atomic E-state index is 12.8. The number of nitrogens with one attached hydrogen (secondary N) is 1. The summed E-state index contributed by atoms with van der Waals surface area (Å²) in [7, 11) is 0. The number of ether oxygens (including phenoxy) is 1. The van der Waals surface area contributed by atoms with Crippen LogP contribution >= 0.6 is 0 Å². The number of urea groups is 1. The average Bonchev–Trinajstić information content (AvgIpc) is 2.50. The minimum absolute atomic E-state index is 0.155. The molecule has 1 fully saturated rings. The molecule has 1 aromatic rings. The van der Waals surface area contributed by atoms with Crippen LogP contribution in [0.5, 0.6) is 5.75 Å². The molecule has 1 aromatic carbocycles. The molecule has 5 nitrogen and oxygen atoms in total. The fourth-order valence-corrected chi connectivity index (χ4v) is 2.59. The van der Waals surface area contributed by atoms with Crippen molar-refractivity contribution in [2.24, 2.45) is 0 Å². The number of aliphatic hydroxyl groups is 1. The van der Waals surface area contributed by atoms with Gasteiger partial charge < -0.3 is 20.1 Å². The molecule has 0 spiro atoms. The first-order valence-electron chi connectivity index (χ1n) is 7.75. The van der Waals surface area contributed by atoms with E-state index >= 15 is 0 Å². The summed E-state index contributed by atoms with van der Waals surface area (Å²) >= 11 is 0. The molecule has 1 heterocycles. The Balaban J connectivity index is 1.97. The van der Waals surface area contributed by atoms with Crippen molar-refractivity contribution in [3.63, 3.8) is 0 Å². The third-order valence-electron chi connectivity index (χ3n) is 4.16.